The molecule has 3 aromatic rings. The van der Waals surface area contributed by atoms with Gasteiger partial charge < -0.3 is 10.3 Å². The van der Waals surface area contributed by atoms with Gasteiger partial charge in [-0.2, -0.15) is 5.10 Å². The van der Waals surface area contributed by atoms with Crippen molar-refractivity contribution in [3.8, 4) is 0 Å². The van der Waals surface area contributed by atoms with Crippen molar-refractivity contribution in [3.63, 3.8) is 0 Å². The van der Waals surface area contributed by atoms with Crippen LogP contribution in [0.4, 0.5) is 0 Å². The highest BCUT2D eigenvalue weighted by Crippen LogP contribution is 2.17. The molecule has 0 saturated heterocycles. The Hall–Kier alpha value is -2.63. The van der Waals surface area contributed by atoms with Crippen LogP contribution in [0, 0.1) is 0 Å². The van der Waals surface area contributed by atoms with Crippen LogP contribution >= 0.6 is 0 Å². The summed E-state index contributed by atoms with van der Waals surface area (Å²) < 4.78 is 1.71. The number of nitrogens with one attached hydrogen (secondary N) is 2. The van der Waals surface area contributed by atoms with Gasteiger partial charge in [0.2, 0.25) is 0 Å². The topological polar surface area (TPSA) is 75.6 Å². The van der Waals surface area contributed by atoms with Crippen LogP contribution in [-0.2, 0) is 13.6 Å². The van der Waals surface area contributed by atoms with E-state index in [2.05, 4.69) is 20.4 Å². The average Bonchev–Trinajstić information content (AvgIpc) is 3.05. The second kappa shape index (κ2) is 4.56. The lowest BCUT2D eigenvalue weighted by molar-refractivity contribution is 0.0946. The van der Waals surface area contributed by atoms with E-state index in [1.807, 2.05) is 31.3 Å². The van der Waals surface area contributed by atoms with Gasteiger partial charge in [0.15, 0.2) is 5.69 Å². The largest absolute Gasteiger partial charge is 0.347 e. The molecule has 1 amide bonds. The molecular formula is C13H13N5O. The van der Waals surface area contributed by atoms with E-state index in [0.29, 0.717) is 18.1 Å². The number of H-pyrrole nitrogens is 1. The standard InChI is InChI=1S/C13H13N5O/c1-18-10-5-3-2-4-9(10)12(17-18)13(19)16-8-11-14-6-7-15-11/h2-7H,8H2,1H3,(H,14,15)(H,16,19). The van der Waals surface area contributed by atoms with Gasteiger partial charge in [-0.15, -0.1) is 0 Å². The summed E-state index contributed by atoms with van der Waals surface area (Å²) in [5.74, 6) is 0.516. The van der Waals surface area contributed by atoms with Crippen LogP contribution in [0.15, 0.2) is 36.7 Å². The molecule has 0 radical (unpaired) electrons. The number of benzene rings is 1. The Kier molecular flexibility index (Phi) is 2.75. The van der Waals surface area contributed by atoms with Crippen LogP contribution in [0.2, 0.25) is 0 Å². The molecule has 96 valence electrons. The monoisotopic (exact) mass is 255 g/mol. The number of hydrogen-bond donors (Lipinski definition) is 2. The zero-order valence-electron chi connectivity index (χ0n) is 10.4. The molecule has 6 nitrogen and oxygen atoms in total. The molecule has 0 aliphatic rings. The third-order valence-electron chi connectivity index (χ3n) is 2.94. The van der Waals surface area contributed by atoms with Gasteiger partial charge in [-0.25, -0.2) is 4.98 Å². The maximum atomic E-state index is 12.1. The normalized spacial score (nSPS) is 10.8. The van der Waals surface area contributed by atoms with Crippen LogP contribution in [-0.4, -0.2) is 25.7 Å². The number of para-hydroxylation sites is 1. The van der Waals surface area contributed by atoms with E-state index in [4.69, 9.17) is 0 Å². The summed E-state index contributed by atoms with van der Waals surface area (Å²) >= 11 is 0. The number of carbonyl (C=O) groups excluding carboxylic acids is 1. The number of rotatable bonds is 3. The molecule has 2 heterocycles. The third kappa shape index (κ3) is 2.08. The predicted molar refractivity (Wildman–Crippen MR) is 70.5 cm³/mol. The molecule has 19 heavy (non-hydrogen) atoms. The Morgan fingerprint density at radius 2 is 2.26 bits per heavy atom. The molecule has 3 rings (SSSR count). The molecule has 1 aromatic carbocycles. The summed E-state index contributed by atoms with van der Waals surface area (Å²) in [6.45, 7) is 0.358. The summed E-state index contributed by atoms with van der Waals surface area (Å²) in [5, 5.41) is 7.91. The smallest absolute Gasteiger partial charge is 0.272 e. The van der Waals surface area contributed by atoms with Crippen molar-refractivity contribution in [2.45, 2.75) is 6.54 Å². The number of aryl methyl sites for hydroxylation is 1. The first-order valence-corrected chi connectivity index (χ1v) is 5.94. The molecule has 0 bridgehead atoms. The highest BCUT2D eigenvalue weighted by Gasteiger charge is 2.15. The van der Waals surface area contributed by atoms with Gasteiger partial charge in [-0.05, 0) is 6.07 Å². The highest BCUT2D eigenvalue weighted by molar-refractivity contribution is 6.04. The molecule has 0 saturated carbocycles. The Labute approximate surface area is 109 Å². The number of aromatic nitrogens is 4. The fraction of sp³-hybridized carbons (Fsp3) is 0.154. The van der Waals surface area contributed by atoms with E-state index in [-0.39, 0.29) is 5.91 Å². The average molecular weight is 255 g/mol. The summed E-state index contributed by atoms with van der Waals surface area (Å²) in [4.78, 5) is 19.1. The van der Waals surface area contributed by atoms with E-state index in [1.165, 1.54) is 0 Å². The molecule has 2 N–H and O–H groups in total. The van der Waals surface area contributed by atoms with Gasteiger partial charge in [0.1, 0.15) is 5.82 Å². The lowest BCUT2D eigenvalue weighted by Crippen LogP contribution is -2.24. The molecule has 6 heteroatoms. The fourth-order valence-corrected chi connectivity index (χ4v) is 2.02. The van der Waals surface area contributed by atoms with Crippen molar-refractivity contribution >= 4 is 16.8 Å². The van der Waals surface area contributed by atoms with Gasteiger partial charge >= 0.3 is 0 Å². The van der Waals surface area contributed by atoms with Crippen molar-refractivity contribution in [2.24, 2.45) is 7.05 Å². The molecule has 0 spiro atoms. The molecule has 0 aliphatic heterocycles. The first-order chi connectivity index (χ1) is 9.25. The highest BCUT2D eigenvalue weighted by atomic mass is 16.1. The van der Waals surface area contributed by atoms with Gasteiger partial charge in [-0.1, -0.05) is 18.2 Å². The summed E-state index contributed by atoms with van der Waals surface area (Å²) in [6, 6.07) is 7.65. The lowest BCUT2D eigenvalue weighted by Gasteiger charge is -2.00. The summed E-state index contributed by atoms with van der Waals surface area (Å²) in [5.41, 5.74) is 1.37. The number of imidazole rings is 1. The van der Waals surface area contributed by atoms with Crippen LogP contribution in [0.5, 0.6) is 0 Å². The maximum Gasteiger partial charge on any atom is 0.272 e. The summed E-state index contributed by atoms with van der Waals surface area (Å²) in [6.07, 6.45) is 3.37. The van der Waals surface area contributed by atoms with E-state index in [9.17, 15) is 4.79 Å². The van der Waals surface area contributed by atoms with E-state index in [1.54, 1.807) is 17.1 Å². The third-order valence-corrected chi connectivity index (χ3v) is 2.94. The number of aromatic amines is 1. The van der Waals surface area contributed by atoms with Gasteiger partial charge in [0.05, 0.1) is 12.1 Å². The SMILES string of the molecule is Cn1nc(C(=O)NCc2ncc[nH]2)c2ccccc21. The van der Waals surface area contributed by atoms with Crippen molar-refractivity contribution in [2.75, 3.05) is 0 Å². The fourth-order valence-electron chi connectivity index (χ4n) is 2.02. The molecule has 0 fully saturated rings. The lowest BCUT2D eigenvalue weighted by atomic mass is 10.2. The second-order valence-electron chi connectivity index (χ2n) is 4.21. The summed E-state index contributed by atoms with van der Waals surface area (Å²) in [7, 11) is 1.83. The number of amides is 1. The van der Waals surface area contributed by atoms with Crippen molar-refractivity contribution < 1.29 is 4.79 Å². The minimum atomic E-state index is -0.201. The molecule has 2 aromatic heterocycles. The van der Waals surface area contributed by atoms with E-state index in [0.717, 1.165) is 10.9 Å². The van der Waals surface area contributed by atoms with Crippen molar-refractivity contribution in [3.05, 3.63) is 48.2 Å². The zero-order valence-corrected chi connectivity index (χ0v) is 10.4. The first-order valence-electron chi connectivity index (χ1n) is 5.94. The maximum absolute atomic E-state index is 12.1. The van der Waals surface area contributed by atoms with E-state index >= 15 is 0 Å². The van der Waals surface area contributed by atoms with Gasteiger partial charge in [0, 0.05) is 24.8 Å². The van der Waals surface area contributed by atoms with Gasteiger partial charge in [0.25, 0.3) is 5.91 Å². The van der Waals surface area contributed by atoms with Crippen LogP contribution in [0.1, 0.15) is 16.3 Å². The predicted octanol–water partition coefficient (Wildman–Crippen LogP) is 1.23. The Morgan fingerprint density at radius 3 is 3.05 bits per heavy atom. The Balaban J connectivity index is 1.85. The van der Waals surface area contributed by atoms with Crippen LogP contribution in [0.3, 0.4) is 0 Å². The zero-order chi connectivity index (χ0) is 13.2. The van der Waals surface area contributed by atoms with Crippen molar-refractivity contribution in [1.82, 2.24) is 25.1 Å². The quantitative estimate of drug-likeness (QED) is 0.739. The minimum Gasteiger partial charge on any atom is -0.347 e. The van der Waals surface area contributed by atoms with Crippen LogP contribution in [0.25, 0.3) is 10.9 Å². The van der Waals surface area contributed by atoms with Crippen molar-refractivity contribution in [1.29, 1.82) is 0 Å². The Morgan fingerprint density at radius 1 is 1.42 bits per heavy atom. The Bertz CT molecular complexity index is 714. The number of nitrogens with zero attached hydrogens (tertiary/aromatic N) is 3. The second-order valence-corrected chi connectivity index (χ2v) is 4.21. The molecule has 0 atom stereocenters. The minimum absolute atomic E-state index is 0.201. The van der Waals surface area contributed by atoms with Crippen LogP contribution < -0.4 is 5.32 Å². The molecule has 0 unspecified atom stereocenters. The van der Waals surface area contributed by atoms with E-state index < -0.39 is 0 Å². The first kappa shape index (κ1) is 11.5. The number of hydrogen-bond acceptors (Lipinski definition) is 3. The number of fused-ring (bicyclic) bond motifs is 1. The molecular weight excluding hydrogens is 242 g/mol. The molecule has 0 aliphatic carbocycles. The number of carbonyl (C=O) groups is 1. The van der Waals surface area contributed by atoms with Gasteiger partial charge in [-0.3, -0.25) is 9.48 Å².